The van der Waals surface area contributed by atoms with Crippen molar-refractivity contribution in [3.05, 3.63) is 142 Å². The average molecular weight is 559 g/mol. The van der Waals surface area contributed by atoms with Gasteiger partial charge in [-0.1, -0.05) is 97.1 Å². The standard InChI is InChI=1S/C38H38O4/c1-5-13-33(25(9-1)17-29-21-39-29)37(34-14-6-2-10-26(34)18-30-22-40-30)38(35-15-7-3-11-27(35)19-31-23-41-31)36-16-8-4-12-28(36)20-32-24-42-32/h1-16,29-32,37-38H,17-24H2. The smallest absolute Gasteiger partial charge is 0.0850 e. The molecule has 0 aromatic heterocycles. The molecule has 4 saturated heterocycles. The molecule has 0 aliphatic carbocycles. The first-order valence-corrected chi connectivity index (χ1v) is 15.6. The third-order valence-corrected chi connectivity index (χ3v) is 9.29. The zero-order chi connectivity index (χ0) is 27.9. The number of hydrogen-bond acceptors (Lipinski definition) is 4. The fourth-order valence-electron chi connectivity index (χ4n) is 6.87. The first-order chi connectivity index (χ1) is 20.8. The monoisotopic (exact) mass is 558 g/mol. The number of rotatable bonds is 13. The lowest BCUT2D eigenvalue weighted by atomic mass is 9.68. The molecule has 0 radical (unpaired) electrons. The van der Waals surface area contributed by atoms with E-state index in [4.69, 9.17) is 18.9 Å². The van der Waals surface area contributed by atoms with Gasteiger partial charge in [-0.05, 0) is 44.5 Å². The molecule has 4 heteroatoms. The Labute approximate surface area is 248 Å². The Morgan fingerprint density at radius 1 is 0.381 bits per heavy atom. The van der Waals surface area contributed by atoms with Gasteiger partial charge < -0.3 is 18.9 Å². The van der Waals surface area contributed by atoms with Gasteiger partial charge >= 0.3 is 0 Å². The Morgan fingerprint density at radius 2 is 0.595 bits per heavy atom. The molecule has 4 fully saturated rings. The Morgan fingerprint density at radius 3 is 0.810 bits per heavy atom. The SMILES string of the molecule is c1ccc(C(c2ccccc2CC2CO2)C(c2ccccc2CC2CO2)c2ccccc2CC2CO2)c(CC2CO2)c1. The molecule has 0 N–H and O–H groups in total. The largest absolute Gasteiger partial charge is 0.373 e. The van der Waals surface area contributed by atoms with Crippen LogP contribution < -0.4 is 0 Å². The number of hydrogen-bond donors (Lipinski definition) is 0. The van der Waals surface area contributed by atoms with Gasteiger partial charge in [0.05, 0.1) is 50.8 Å². The molecule has 0 saturated carbocycles. The predicted molar refractivity (Wildman–Crippen MR) is 163 cm³/mol. The van der Waals surface area contributed by atoms with Crippen LogP contribution in [0.1, 0.15) is 56.3 Å². The summed E-state index contributed by atoms with van der Waals surface area (Å²) < 4.78 is 23.1. The summed E-state index contributed by atoms with van der Waals surface area (Å²) in [7, 11) is 0. The highest BCUT2D eigenvalue weighted by Gasteiger charge is 2.37. The topological polar surface area (TPSA) is 50.1 Å². The van der Waals surface area contributed by atoms with E-state index in [9.17, 15) is 0 Å². The summed E-state index contributed by atoms with van der Waals surface area (Å²) >= 11 is 0. The van der Waals surface area contributed by atoms with Crippen LogP contribution in [0.5, 0.6) is 0 Å². The van der Waals surface area contributed by atoms with Crippen LogP contribution in [0.3, 0.4) is 0 Å². The Balaban J connectivity index is 1.36. The molecule has 8 rings (SSSR count). The molecule has 4 unspecified atom stereocenters. The molecule has 4 aromatic carbocycles. The van der Waals surface area contributed by atoms with Gasteiger partial charge in [0.1, 0.15) is 0 Å². The Kier molecular flexibility index (Phi) is 7.17. The van der Waals surface area contributed by atoms with Crippen LogP contribution >= 0.6 is 0 Å². The van der Waals surface area contributed by atoms with Gasteiger partial charge in [0.2, 0.25) is 0 Å². The van der Waals surface area contributed by atoms with Crippen LogP contribution in [0.15, 0.2) is 97.1 Å². The number of ether oxygens (including phenoxy) is 4. The lowest BCUT2D eigenvalue weighted by Gasteiger charge is -2.34. The average Bonchev–Trinajstić information content (AvgIpc) is 3.81. The summed E-state index contributed by atoms with van der Waals surface area (Å²) in [6.45, 7) is 3.41. The van der Waals surface area contributed by atoms with Crippen molar-refractivity contribution in [1.29, 1.82) is 0 Å². The lowest BCUT2D eigenvalue weighted by Crippen LogP contribution is -2.21. The minimum Gasteiger partial charge on any atom is -0.373 e. The van der Waals surface area contributed by atoms with Crippen LogP contribution in [0, 0.1) is 0 Å². The molecule has 0 bridgehead atoms. The second kappa shape index (κ2) is 11.4. The maximum Gasteiger partial charge on any atom is 0.0850 e. The van der Waals surface area contributed by atoms with Gasteiger partial charge in [0.15, 0.2) is 0 Å². The molecule has 42 heavy (non-hydrogen) atoms. The zero-order valence-corrected chi connectivity index (χ0v) is 24.0. The van der Waals surface area contributed by atoms with Crippen molar-refractivity contribution in [2.45, 2.75) is 61.9 Å². The quantitative estimate of drug-likeness (QED) is 0.178. The highest BCUT2D eigenvalue weighted by atomic mass is 16.6. The molecule has 4 aliphatic heterocycles. The van der Waals surface area contributed by atoms with Crippen LogP contribution in [0.4, 0.5) is 0 Å². The molecule has 0 amide bonds. The van der Waals surface area contributed by atoms with Gasteiger partial charge in [-0.15, -0.1) is 0 Å². The van der Waals surface area contributed by atoms with Gasteiger partial charge in [-0.2, -0.15) is 0 Å². The summed E-state index contributed by atoms with van der Waals surface area (Å²) in [5, 5.41) is 0. The fraction of sp³-hybridized carbons (Fsp3) is 0.368. The van der Waals surface area contributed by atoms with Gasteiger partial charge in [-0.3, -0.25) is 0 Å². The first kappa shape index (κ1) is 26.4. The van der Waals surface area contributed by atoms with E-state index in [1.165, 1.54) is 44.5 Å². The van der Waals surface area contributed by atoms with E-state index in [-0.39, 0.29) is 11.8 Å². The van der Waals surface area contributed by atoms with Crippen molar-refractivity contribution in [1.82, 2.24) is 0 Å². The molecule has 4 nitrogen and oxygen atoms in total. The van der Waals surface area contributed by atoms with E-state index in [2.05, 4.69) is 97.1 Å². The van der Waals surface area contributed by atoms with E-state index in [0.29, 0.717) is 24.4 Å². The van der Waals surface area contributed by atoms with Crippen molar-refractivity contribution in [3.8, 4) is 0 Å². The maximum atomic E-state index is 5.76. The summed E-state index contributed by atoms with van der Waals surface area (Å²) in [6.07, 6.45) is 5.06. The predicted octanol–water partition coefficient (Wildman–Crippen LogP) is 6.42. The van der Waals surface area contributed by atoms with Crippen molar-refractivity contribution in [2.75, 3.05) is 26.4 Å². The van der Waals surface area contributed by atoms with Gasteiger partial charge in [-0.25, -0.2) is 0 Å². The minimum atomic E-state index is 0.123. The molecule has 0 spiro atoms. The molecule has 4 aromatic rings. The van der Waals surface area contributed by atoms with Crippen molar-refractivity contribution < 1.29 is 18.9 Å². The van der Waals surface area contributed by atoms with Gasteiger partial charge in [0, 0.05) is 37.5 Å². The van der Waals surface area contributed by atoms with Crippen LogP contribution in [0.25, 0.3) is 0 Å². The van der Waals surface area contributed by atoms with E-state index >= 15 is 0 Å². The molecule has 4 atom stereocenters. The molecule has 214 valence electrons. The summed E-state index contributed by atoms with van der Waals surface area (Å²) in [5.74, 6) is 0.245. The maximum absolute atomic E-state index is 5.76. The van der Waals surface area contributed by atoms with E-state index in [1.54, 1.807) is 0 Å². The molecule has 4 aliphatic rings. The third kappa shape index (κ3) is 5.95. The highest BCUT2D eigenvalue weighted by molar-refractivity contribution is 5.53. The first-order valence-electron chi connectivity index (χ1n) is 15.6. The molecular formula is C38H38O4. The van der Waals surface area contributed by atoms with Crippen molar-refractivity contribution in [2.24, 2.45) is 0 Å². The summed E-state index contributed by atoms with van der Waals surface area (Å²) in [6, 6.07) is 36.4. The second-order valence-corrected chi connectivity index (χ2v) is 12.4. The normalized spacial score (nSPS) is 25.0. The van der Waals surface area contributed by atoms with E-state index in [1.807, 2.05) is 0 Å². The Hall–Kier alpha value is -3.28. The lowest BCUT2D eigenvalue weighted by molar-refractivity contribution is 0.404. The summed E-state index contributed by atoms with van der Waals surface area (Å²) in [4.78, 5) is 0. The van der Waals surface area contributed by atoms with Crippen LogP contribution in [-0.4, -0.2) is 50.8 Å². The van der Waals surface area contributed by atoms with Crippen LogP contribution in [0.2, 0.25) is 0 Å². The number of benzene rings is 4. The van der Waals surface area contributed by atoms with Crippen molar-refractivity contribution in [3.63, 3.8) is 0 Å². The summed E-state index contributed by atoms with van der Waals surface area (Å²) in [5.41, 5.74) is 11.2. The van der Waals surface area contributed by atoms with E-state index in [0.717, 1.165) is 52.1 Å². The second-order valence-electron chi connectivity index (χ2n) is 12.4. The van der Waals surface area contributed by atoms with Crippen LogP contribution in [-0.2, 0) is 44.6 Å². The third-order valence-electron chi connectivity index (χ3n) is 9.29. The zero-order valence-electron chi connectivity index (χ0n) is 24.0. The van der Waals surface area contributed by atoms with Crippen molar-refractivity contribution >= 4 is 0 Å². The van der Waals surface area contributed by atoms with E-state index < -0.39 is 0 Å². The Bertz CT molecular complexity index is 1310. The fourth-order valence-corrected chi connectivity index (χ4v) is 6.87. The number of epoxide rings is 4. The molecule has 4 heterocycles. The highest BCUT2D eigenvalue weighted by Crippen LogP contribution is 2.48. The molecular weight excluding hydrogens is 520 g/mol. The minimum absolute atomic E-state index is 0.123. The van der Waals surface area contributed by atoms with Gasteiger partial charge in [0.25, 0.3) is 0 Å².